The first kappa shape index (κ1) is 17.9. The molecule has 0 radical (unpaired) electrons. The second kappa shape index (κ2) is 7.97. The number of rotatable bonds is 4. The van der Waals surface area contributed by atoms with E-state index in [4.69, 9.17) is 4.79 Å². The largest absolute Gasteiger partial charge is 0.507 e. The molecule has 4 rings (SSSR count). The fourth-order valence-corrected chi connectivity index (χ4v) is 3.13. The van der Waals surface area contributed by atoms with Crippen LogP contribution in [0.25, 0.3) is 22.3 Å². The lowest BCUT2D eigenvalue weighted by Gasteiger charge is -2.38. The number of para-hydroxylation sites is 1. The summed E-state index contributed by atoms with van der Waals surface area (Å²) in [6.07, 6.45) is 2.67. The minimum absolute atomic E-state index is 0.231. The molecule has 1 saturated heterocycles. The van der Waals surface area contributed by atoms with Gasteiger partial charge >= 0.3 is 0 Å². The Morgan fingerprint density at radius 1 is 1.35 bits per heavy atom. The van der Waals surface area contributed by atoms with Gasteiger partial charge in [0, 0.05) is 43.2 Å². The number of hydrogen-bond acceptors (Lipinski definition) is 5. The average Bonchev–Trinajstić information content (AvgIpc) is 3.04. The molecule has 1 amide bonds. The summed E-state index contributed by atoms with van der Waals surface area (Å²) in [5.41, 5.74) is 3.53. The van der Waals surface area contributed by atoms with Crippen molar-refractivity contribution in [2.45, 2.75) is 12.8 Å². The second-order valence-electron chi connectivity index (χ2n) is 6.21. The van der Waals surface area contributed by atoms with Crippen LogP contribution in [0.5, 0.6) is 5.75 Å². The molecule has 26 heavy (non-hydrogen) atoms. The van der Waals surface area contributed by atoms with Gasteiger partial charge in [0.2, 0.25) is 6.41 Å². The SMILES string of the molecule is CCN1CC(c2c[nH]c3nnc(-c4ccccc4O)cc23)C1.CNC=O. The highest BCUT2D eigenvalue weighted by Crippen LogP contribution is 2.34. The topological polar surface area (TPSA) is 94.1 Å². The standard InChI is InChI=1S/C17H18N4O.C2H5NO/c1-2-21-9-11(10-21)14-8-18-17-13(14)7-15(19-20-17)12-5-3-4-6-16(12)22;1-3-2-4/h3-8,11,22H,2,9-10H2,1H3,(H,18,20);2H,1H3,(H,3,4). The number of aromatic amines is 1. The molecule has 1 aliphatic heterocycles. The minimum atomic E-state index is 0.231. The number of amides is 1. The molecule has 3 aromatic rings. The van der Waals surface area contributed by atoms with Crippen molar-refractivity contribution in [1.29, 1.82) is 0 Å². The highest BCUT2D eigenvalue weighted by Gasteiger charge is 2.29. The van der Waals surface area contributed by atoms with E-state index in [1.165, 1.54) is 5.56 Å². The van der Waals surface area contributed by atoms with Crippen LogP contribution in [0.1, 0.15) is 18.4 Å². The number of carbonyl (C=O) groups is 1. The van der Waals surface area contributed by atoms with Crippen molar-refractivity contribution in [2.24, 2.45) is 0 Å². The number of fused-ring (bicyclic) bond motifs is 1. The second-order valence-corrected chi connectivity index (χ2v) is 6.21. The maximum atomic E-state index is 10.0. The van der Waals surface area contributed by atoms with Gasteiger partial charge in [0.15, 0.2) is 5.65 Å². The maximum Gasteiger partial charge on any atom is 0.206 e. The van der Waals surface area contributed by atoms with Crippen LogP contribution >= 0.6 is 0 Å². The number of phenols is 1. The number of benzene rings is 1. The quantitative estimate of drug-likeness (QED) is 0.625. The van der Waals surface area contributed by atoms with Gasteiger partial charge < -0.3 is 20.3 Å². The summed E-state index contributed by atoms with van der Waals surface area (Å²) in [4.78, 5) is 14.7. The Labute approximate surface area is 152 Å². The first-order chi connectivity index (χ1) is 12.7. The number of nitrogens with one attached hydrogen (secondary N) is 2. The van der Waals surface area contributed by atoms with E-state index in [9.17, 15) is 5.11 Å². The van der Waals surface area contributed by atoms with Crippen molar-refractivity contribution in [3.05, 3.63) is 42.1 Å². The number of phenolic OH excluding ortho intramolecular Hbond substituents is 1. The molecule has 0 bridgehead atoms. The average molecular weight is 353 g/mol. The molecular weight excluding hydrogens is 330 g/mol. The molecule has 7 heteroatoms. The fraction of sp³-hybridized carbons (Fsp3) is 0.316. The monoisotopic (exact) mass is 353 g/mol. The zero-order chi connectivity index (χ0) is 18.5. The summed E-state index contributed by atoms with van der Waals surface area (Å²) in [6, 6.07) is 9.26. The fourth-order valence-electron chi connectivity index (χ4n) is 3.13. The summed E-state index contributed by atoms with van der Waals surface area (Å²) in [5.74, 6) is 0.782. The minimum Gasteiger partial charge on any atom is -0.507 e. The normalized spacial score (nSPS) is 14.4. The molecule has 1 aromatic carbocycles. The Balaban J connectivity index is 0.000000447. The number of nitrogens with zero attached hydrogens (tertiary/aromatic N) is 3. The van der Waals surface area contributed by atoms with E-state index in [1.54, 1.807) is 19.2 Å². The Morgan fingerprint density at radius 3 is 2.73 bits per heavy atom. The van der Waals surface area contributed by atoms with Gasteiger partial charge in [0.25, 0.3) is 0 Å². The molecule has 7 nitrogen and oxygen atoms in total. The summed E-state index contributed by atoms with van der Waals surface area (Å²) in [5, 5.41) is 21.9. The summed E-state index contributed by atoms with van der Waals surface area (Å²) in [7, 11) is 1.56. The zero-order valence-electron chi connectivity index (χ0n) is 14.9. The third-order valence-electron chi connectivity index (χ3n) is 4.61. The molecule has 0 saturated carbocycles. The molecule has 2 aromatic heterocycles. The van der Waals surface area contributed by atoms with E-state index in [0.29, 0.717) is 23.6 Å². The molecule has 3 heterocycles. The number of hydrogen-bond donors (Lipinski definition) is 3. The van der Waals surface area contributed by atoms with Crippen molar-refractivity contribution in [3.63, 3.8) is 0 Å². The molecule has 1 aliphatic rings. The predicted octanol–water partition coefficient (Wildman–Crippen LogP) is 2.11. The van der Waals surface area contributed by atoms with Crippen LogP contribution in [0.4, 0.5) is 0 Å². The molecule has 0 aliphatic carbocycles. The van der Waals surface area contributed by atoms with Gasteiger partial charge in [-0.1, -0.05) is 19.1 Å². The lowest BCUT2D eigenvalue weighted by molar-refractivity contribution is -0.109. The number of aromatic hydroxyl groups is 1. The van der Waals surface area contributed by atoms with Gasteiger partial charge in [-0.25, -0.2) is 0 Å². The molecule has 136 valence electrons. The Morgan fingerprint density at radius 2 is 2.08 bits per heavy atom. The highest BCUT2D eigenvalue weighted by molar-refractivity contribution is 5.84. The van der Waals surface area contributed by atoms with E-state index in [1.807, 2.05) is 24.4 Å². The zero-order valence-corrected chi connectivity index (χ0v) is 14.9. The molecule has 0 unspecified atom stereocenters. The molecule has 3 N–H and O–H groups in total. The Kier molecular flexibility index (Phi) is 5.48. The van der Waals surface area contributed by atoms with Crippen LogP contribution in [0.3, 0.4) is 0 Å². The lowest BCUT2D eigenvalue weighted by atomic mass is 9.91. The van der Waals surface area contributed by atoms with E-state index < -0.39 is 0 Å². The van der Waals surface area contributed by atoms with E-state index in [0.717, 1.165) is 30.7 Å². The first-order valence-corrected chi connectivity index (χ1v) is 8.64. The number of likely N-dealkylation sites (tertiary alicyclic amines) is 1. The van der Waals surface area contributed by atoms with Crippen molar-refractivity contribution in [3.8, 4) is 17.0 Å². The molecule has 0 atom stereocenters. The Hall–Kier alpha value is -2.93. The van der Waals surface area contributed by atoms with Crippen molar-refractivity contribution >= 4 is 17.4 Å². The Bertz CT molecular complexity index is 887. The highest BCUT2D eigenvalue weighted by atomic mass is 16.3. The lowest BCUT2D eigenvalue weighted by Crippen LogP contribution is -2.44. The van der Waals surface area contributed by atoms with Gasteiger partial charge in [-0.2, -0.15) is 0 Å². The van der Waals surface area contributed by atoms with Crippen LogP contribution in [-0.2, 0) is 4.79 Å². The third-order valence-corrected chi connectivity index (χ3v) is 4.61. The smallest absolute Gasteiger partial charge is 0.206 e. The molecule has 0 spiro atoms. The van der Waals surface area contributed by atoms with Gasteiger partial charge in [-0.15, -0.1) is 10.2 Å². The van der Waals surface area contributed by atoms with Crippen LogP contribution in [0.2, 0.25) is 0 Å². The van der Waals surface area contributed by atoms with Crippen LogP contribution in [0, 0.1) is 0 Å². The number of carbonyl (C=O) groups excluding carboxylic acids is 1. The van der Waals surface area contributed by atoms with Crippen LogP contribution in [0.15, 0.2) is 36.5 Å². The number of H-pyrrole nitrogens is 1. The van der Waals surface area contributed by atoms with Gasteiger partial charge in [0.05, 0.1) is 5.69 Å². The van der Waals surface area contributed by atoms with E-state index in [2.05, 4.69) is 32.3 Å². The van der Waals surface area contributed by atoms with Crippen LogP contribution < -0.4 is 5.32 Å². The number of aromatic nitrogens is 3. The van der Waals surface area contributed by atoms with E-state index in [-0.39, 0.29) is 5.75 Å². The summed E-state index contributed by atoms with van der Waals surface area (Å²) < 4.78 is 0. The number of likely N-dealkylation sites (N-methyl/N-ethyl adjacent to an activating group) is 1. The van der Waals surface area contributed by atoms with Crippen LogP contribution in [-0.4, -0.2) is 58.3 Å². The maximum absolute atomic E-state index is 10.0. The van der Waals surface area contributed by atoms with E-state index >= 15 is 0 Å². The van der Waals surface area contributed by atoms with Crippen molar-refractivity contribution in [2.75, 3.05) is 26.7 Å². The summed E-state index contributed by atoms with van der Waals surface area (Å²) in [6.45, 7) is 5.48. The summed E-state index contributed by atoms with van der Waals surface area (Å²) >= 11 is 0. The predicted molar refractivity (Wildman–Crippen MR) is 101 cm³/mol. The van der Waals surface area contributed by atoms with Crippen molar-refractivity contribution in [1.82, 2.24) is 25.4 Å². The molecule has 1 fully saturated rings. The van der Waals surface area contributed by atoms with Gasteiger partial charge in [0.1, 0.15) is 5.75 Å². The third kappa shape index (κ3) is 3.52. The molecular formula is C19H23N5O2. The van der Waals surface area contributed by atoms with Gasteiger partial charge in [-0.3, -0.25) is 4.79 Å². The first-order valence-electron chi connectivity index (χ1n) is 8.64. The van der Waals surface area contributed by atoms with Crippen molar-refractivity contribution < 1.29 is 9.90 Å². The van der Waals surface area contributed by atoms with Gasteiger partial charge in [-0.05, 0) is 30.3 Å².